The van der Waals surface area contributed by atoms with Gasteiger partial charge in [0.15, 0.2) is 0 Å². The Hall–Kier alpha value is -1.60. The average Bonchev–Trinajstić information content (AvgIpc) is 2.76. The Morgan fingerprint density at radius 1 is 1.48 bits per heavy atom. The van der Waals surface area contributed by atoms with E-state index >= 15 is 0 Å². The summed E-state index contributed by atoms with van der Waals surface area (Å²) in [5.41, 5.74) is 0.801. The molecule has 0 saturated carbocycles. The smallest absolute Gasteiger partial charge is 0.238 e. The number of hydrogen-bond donors (Lipinski definition) is 1. The monoisotopic (exact) mass is 312 g/mol. The quantitative estimate of drug-likeness (QED) is 0.898. The van der Waals surface area contributed by atoms with Crippen LogP contribution in [0.2, 0.25) is 0 Å². The van der Waals surface area contributed by atoms with E-state index in [4.69, 9.17) is 0 Å². The molecule has 1 saturated heterocycles. The maximum absolute atomic E-state index is 12.2. The number of aromatic hydroxyl groups is 1. The molecule has 0 bridgehead atoms. The number of amides is 1. The standard InChI is InChI=1S/C14H20N2O4S/c1-11(12-5-3-6-13(17)9-12)15(2)14(18)10-16-7-4-8-21(16,19)20/h3,5-6,9,11,17H,4,7-8,10H2,1-2H3. The molecule has 6 nitrogen and oxygen atoms in total. The minimum absolute atomic E-state index is 0.117. The van der Waals surface area contributed by atoms with Gasteiger partial charge in [-0.05, 0) is 31.0 Å². The molecule has 0 spiro atoms. The number of nitrogens with zero attached hydrogens (tertiary/aromatic N) is 2. The lowest BCUT2D eigenvalue weighted by atomic mass is 10.1. The topological polar surface area (TPSA) is 77.9 Å². The van der Waals surface area contributed by atoms with Crippen molar-refractivity contribution in [2.45, 2.75) is 19.4 Å². The molecule has 1 N–H and O–H groups in total. The van der Waals surface area contributed by atoms with Crippen LogP contribution >= 0.6 is 0 Å². The Morgan fingerprint density at radius 2 is 2.19 bits per heavy atom. The molecule has 1 aromatic rings. The summed E-state index contributed by atoms with van der Waals surface area (Å²) in [5, 5.41) is 9.49. The van der Waals surface area contributed by atoms with E-state index in [0.717, 1.165) is 5.56 Å². The molecule has 1 aromatic carbocycles. The zero-order valence-electron chi connectivity index (χ0n) is 12.2. The third-order valence-corrected chi connectivity index (χ3v) is 5.74. The minimum atomic E-state index is -3.27. The Bertz CT molecular complexity index is 630. The van der Waals surface area contributed by atoms with Crippen molar-refractivity contribution >= 4 is 15.9 Å². The number of rotatable bonds is 4. The summed E-state index contributed by atoms with van der Waals surface area (Å²) in [6, 6.07) is 6.45. The van der Waals surface area contributed by atoms with Gasteiger partial charge in [0.1, 0.15) is 5.75 Å². The zero-order valence-corrected chi connectivity index (χ0v) is 13.0. The minimum Gasteiger partial charge on any atom is -0.508 e. The van der Waals surface area contributed by atoms with E-state index in [-0.39, 0.29) is 30.0 Å². The average molecular weight is 312 g/mol. The van der Waals surface area contributed by atoms with Gasteiger partial charge in [-0.1, -0.05) is 12.1 Å². The van der Waals surface area contributed by atoms with E-state index in [2.05, 4.69) is 0 Å². The number of sulfonamides is 1. The molecule has 1 aliphatic rings. The molecule has 0 aromatic heterocycles. The van der Waals surface area contributed by atoms with Crippen molar-refractivity contribution in [2.75, 3.05) is 25.9 Å². The van der Waals surface area contributed by atoms with Gasteiger partial charge in [-0.25, -0.2) is 8.42 Å². The van der Waals surface area contributed by atoms with Gasteiger partial charge in [-0.3, -0.25) is 4.79 Å². The molecular weight excluding hydrogens is 292 g/mol. The lowest BCUT2D eigenvalue weighted by molar-refractivity contribution is -0.131. The van der Waals surface area contributed by atoms with Crippen LogP contribution in [0.25, 0.3) is 0 Å². The summed E-state index contributed by atoms with van der Waals surface area (Å²) >= 11 is 0. The highest BCUT2D eigenvalue weighted by Gasteiger charge is 2.31. The number of phenols is 1. The first-order chi connectivity index (χ1) is 9.81. The summed E-state index contributed by atoms with van der Waals surface area (Å²) in [6.45, 7) is 2.12. The molecule has 1 unspecified atom stereocenters. The molecule has 1 amide bonds. The van der Waals surface area contributed by atoms with Gasteiger partial charge >= 0.3 is 0 Å². The lowest BCUT2D eigenvalue weighted by Gasteiger charge is -2.27. The van der Waals surface area contributed by atoms with Gasteiger partial charge in [0.25, 0.3) is 0 Å². The van der Waals surface area contributed by atoms with Crippen molar-refractivity contribution in [3.8, 4) is 5.75 Å². The Balaban J connectivity index is 2.05. The molecule has 21 heavy (non-hydrogen) atoms. The highest BCUT2D eigenvalue weighted by Crippen LogP contribution is 2.23. The van der Waals surface area contributed by atoms with Crippen LogP contribution in [0.3, 0.4) is 0 Å². The molecule has 2 rings (SSSR count). The van der Waals surface area contributed by atoms with Crippen LogP contribution in [0.15, 0.2) is 24.3 Å². The second-order valence-corrected chi connectivity index (χ2v) is 7.37. The highest BCUT2D eigenvalue weighted by molar-refractivity contribution is 7.89. The molecule has 1 aliphatic heterocycles. The number of hydrogen-bond acceptors (Lipinski definition) is 4. The van der Waals surface area contributed by atoms with Crippen LogP contribution < -0.4 is 0 Å². The molecule has 1 fully saturated rings. The zero-order chi connectivity index (χ0) is 15.6. The molecule has 0 aliphatic carbocycles. The van der Waals surface area contributed by atoms with Crippen LogP contribution in [0.1, 0.15) is 24.9 Å². The number of phenolic OH excluding ortho intramolecular Hbond substituents is 1. The second-order valence-electron chi connectivity index (χ2n) is 5.28. The summed E-state index contributed by atoms with van der Waals surface area (Å²) in [4.78, 5) is 13.7. The molecule has 1 atom stereocenters. The van der Waals surface area contributed by atoms with Crippen LogP contribution in [-0.4, -0.2) is 54.5 Å². The summed E-state index contributed by atoms with van der Waals surface area (Å²) in [5.74, 6) is 0.00480. The summed E-state index contributed by atoms with van der Waals surface area (Å²) in [6.07, 6.45) is 0.571. The number of carbonyl (C=O) groups excluding carboxylic acids is 1. The molecule has 0 radical (unpaired) electrons. The Labute approximate surface area is 125 Å². The first-order valence-corrected chi connectivity index (χ1v) is 8.44. The van der Waals surface area contributed by atoms with E-state index in [1.807, 2.05) is 13.0 Å². The van der Waals surface area contributed by atoms with E-state index in [9.17, 15) is 18.3 Å². The Kier molecular flexibility index (Phi) is 4.53. The third kappa shape index (κ3) is 3.54. The van der Waals surface area contributed by atoms with E-state index in [0.29, 0.717) is 13.0 Å². The second kappa shape index (κ2) is 6.03. The van der Waals surface area contributed by atoms with Crippen LogP contribution in [0.5, 0.6) is 5.75 Å². The largest absolute Gasteiger partial charge is 0.508 e. The number of benzene rings is 1. The van der Waals surface area contributed by atoms with Gasteiger partial charge in [-0.2, -0.15) is 4.31 Å². The SMILES string of the molecule is CC(c1cccc(O)c1)N(C)C(=O)CN1CCCS1(=O)=O. The van der Waals surface area contributed by atoms with Crippen LogP contribution in [0, 0.1) is 0 Å². The van der Waals surface area contributed by atoms with Gasteiger partial charge in [0.05, 0.1) is 18.3 Å². The predicted octanol–water partition coefficient (Wildman–Crippen LogP) is 0.947. The molecule has 1 heterocycles. The fraction of sp³-hybridized carbons (Fsp3) is 0.500. The van der Waals surface area contributed by atoms with Crippen molar-refractivity contribution in [3.05, 3.63) is 29.8 Å². The fourth-order valence-electron chi connectivity index (χ4n) is 2.36. The fourth-order valence-corrected chi connectivity index (χ4v) is 3.82. The van der Waals surface area contributed by atoms with Gasteiger partial charge in [0, 0.05) is 13.6 Å². The van der Waals surface area contributed by atoms with Crippen molar-refractivity contribution in [2.24, 2.45) is 0 Å². The maximum atomic E-state index is 12.2. The summed E-state index contributed by atoms with van der Waals surface area (Å²) in [7, 11) is -1.63. The van der Waals surface area contributed by atoms with Crippen LogP contribution in [0.4, 0.5) is 0 Å². The van der Waals surface area contributed by atoms with E-state index in [1.165, 1.54) is 9.21 Å². The number of likely N-dealkylation sites (N-methyl/N-ethyl adjacent to an activating group) is 1. The first-order valence-electron chi connectivity index (χ1n) is 6.83. The third-order valence-electron chi connectivity index (χ3n) is 3.84. The van der Waals surface area contributed by atoms with Crippen molar-refractivity contribution < 1.29 is 18.3 Å². The molecule has 7 heteroatoms. The van der Waals surface area contributed by atoms with Gasteiger partial charge in [-0.15, -0.1) is 0 Å². The molecule has 116 valence electrons. The maximum Gasteiger partial charge on any atom is 0.238 e. The van der Waals surface area contributed by atoms with E-state index < -0.39 is 10.0 Å². The number of carbonyl (C=O) groups is 1. The first kappa shape index (κ1) is 15.8. The van der Waals surface area contributed by atoms with Crippen molar-refractivity contribution in [3.63, 3.8) is 0 Å². The predicted molar refractivity (Wildman–Crippen MR) is 79.3 cm³/mol. The van der Waals surface area contributed by atoms with Crippen molar-refractivity contribution in [1.29, 1.82) is 0 Å². The highest BCUT2D eigenvalue weighted by atomic mass is 32.2. The van der Waals surface area contributed by atoms with E-state index in [1.54, 1.807) is 25.2 Å². The lowest BCUT2D eigenvalue weighted by Crippen LogP contribution is -2.40. The van der Waals surface area contributed by atoms with Gasteiger partial charge in [0.2, 0.25) is 15.9 Å². The van der Waals surface area contributed by atoms with Gasteiger partial charge < -0.3 is 10.0 Å². The summed E-state index contributed by atoms with van der Waals surface area (Å²) < 4.78 is 24.7. The Morgan fingerprint density at radius 3 is 2.76 bits per heavy atom. The van der Waals surface area contributed by atoms with Crippen LogP contribution in [-0.2, 0) is 14.8 Å². The normalized spacial score (nSPS) is 19.3. The van der Waals surface area contributed by atoms with Crippen molar-refractivity contribution in [1.82, 2.24) is 9.21 Å². The molecular formula is C14H20N2O4S.